The average Bonchev–Trinajstić information content (AvgIpc) is 3.23. The number of carboxylic acid groups (broad SMARTS) is 1. The summed E-state index contributed by atoms with van der Waals surface area (Å²) < 4.78 is 5.75. The van der Waals surface area contributed by atoms with Gasteiger partial charge < -0.3 is 14.8 Å². The number of aliphatic carboxylic acids is 1. The lowest BCUT2D eigenvalue weighted by Gasteiger charge is -2.12. The summed E-state index contributed by atoms with van der Waals surface area (Å²) in [7, 11) is 0. The molecule has 1 aliphatic rings. The molecule has 1 aromatic carbocycles. The highest BCUT2D eigenvalue weighted by atomic mass is 16.4. The molecule has 22 heavy (non-hydrogen) atoms. The first-order valence-corrected chi connectivity index (χ1v) is 7.43. The van der Waals surface area contributed by atoms with E-state index in [9.17, 15) is 14.7 Å². The van der Waals surface area contributed by atoms with Gasteiger partial charge in [-0.1, -0.05) is 12.1 Å². The molecule has 116 valence electrons. The van der Waals surface area contributed by atoms with Gasteiger partial charge in [0.05, 0.1) is 0 Å². The maximum Gasteiger partial charge on any atom is 0.326 e. The zero-order valence-electron chi connectivity index (χ0n) is 12.9. The fraction of sp³-hybridized carbons (Fsp3) is 0.412. The Bertz CT molecular complexity index is 771. The first-order valence-electron chi connectivity index (χ1n) is 7.43. The van der Waals surface area contributed by atoms with Crippen molar-refractivity contribution in [3.63, 3.8) is 0 Å². The summed E-state index contributed by atoms with van der Waals surface area (Å²) in [6.45, 7) is 5.73. The van der Waals surface area contributed by atoms with Crippen LogP contribution in [-0.4, -0.2) is 23.0 Å². The number of carboxylic acids is 1. The highest BCUT2D eigenvalue weighted by molar-refractivity contribution is 6.01. The summed E-state index contributed by atoms with van der Waals surface area (Å²) in [5.74, 6) is -1.20. The Morgan fingerprint density at radius 2 is 1.86 bits per heavy atom. The van der Waals surface area contributed by atoms with Crippen molar-refractivity contribution in [1.29, 1.82) is 0 Å². The maximum atomic E-state index is 12.4. The van der Waals surface area contributed by atoms with Crippen LogP contribution in [0.4, 0.5) is 0 Å². The first kappa shape index (κ1) is 14.6. The number of hydrogen-bond acceptors (Lipinski definition) is 3. The van der Waals surface area contributed by atoms with Gasteiger partial charge in [0.15, 0.2) is 5.76 Å². The minimum Gasteiger partial charge on any atom is -0.480 e. The molecule has 1 amide bonds. The number of aryl methyl sites for hydroxylation is 3. The Kier molecular flexibility index (Phi) is 3.43. The van der Waals surface area contributed by atoms with Crippen LogP contribution in [-0.2, 0) is 4.79 Å². The zero-order chi connectivity index (χ0) is 16.0. The molecule has 5 heteroatoms. The van der Waals surface area contributed by atoms with E-state index < -0.39 is 17.9 Å². The normalized spacial score (nSPS) is 15.8. The molecule has 3 rings (SSSR count). The summed E-state index contributed by atoms with van der Waals surface area (Å²) in [4.78, 5) is 23.7. The number of benzene rings is 1. The minimum atomic E-state index is -0.989. The molecule has 1 aromatic heterocycles. The van der Waals surface area contributed by atoms with Crippen LogP contribution in [0.5, 0.6) is 0 Å². The van der Waals surface area contributed by atoms with E-state index in [1.54, 1.807) is 0 Å². The molecule has 1 unspecified atom stereocenters. The second-order valence-corrected chi connectivity index (χ2v) is 6.09. The Balaban J connectivity index is 1.97. The van der Waals surface area contributed by atoms with E-state index in [0.29, 0.717) is 5.58 Å². The summed E-state index contributed by atoms with van der Waals surface area (Å²) in [6, 6.07) is 3.11. The van der Waals surface area contributed by atoms with Crippen molar-refractivity contribution in [2.75, 3.05) is 0 Å². The molecule has 1 fully saturated rings. The predicted molar refractivity (Wildman–Crippen MR) is 82.0 cm³/mol. The average molecular weight is 301 g/mol. The quantitative estimate of drug-likeness (QED) is 0.910. The van der Waals surface area contributed by atoms with Crippen LogP contribution in [0, 0.1) is 26.7 Å². The Labute approximate surface area is 128 Å². The van der Waals surface area contributed by atoms with E-state index in [1.165, 1.54) is 0 Å². The third-order valence-corrected chi connectivity index (χ3v) is 4.33. The number of nitrogens with one attached hydrogen (secondary N) is 1. The van der Waals surface area contributed by atoms with Gasteiger partial charge in [-0.15, -0.1) is 0 Å². The van der Waals surface area contributed by atoms with Gasteiger partial charge in [-0.05, 0) is 50.7 Å². The molecule has 1 atom stereocenters. The van der Waals surface area contributed by atoms with Crippen LogP contribution in [0.3, 0.4) is 0 Å². The van der Waals surface area contributed by atoms with Crippen molar-refractivity contribution in [3.8, 4) is 0 Å². The van der Waals surface area contributed by atoms with E-state index in [1.807, 2.05) is 32.9 Å². The molecular formula is C17H19NO4. The second kappa shape index (κ2) is 5.16. The van der Waals surface area contributed by atoms with Gasteiger partial charge in [0.2, 0.25) is 0 Å². The van der Waals surface area contributed by atoms with Crippen LogP contribution in [0.25, 0.3) is 11.0 Å². The standard InChI is InChI=1S/C17H19NO4/c1-8-4-5-9(2)14-12(8)10(3)15(22-14)16(19)18-13(17(20)21)11-6-7-11/h4-5,11,13H,6-7H2,1-3H3,(H,18,19)(H,20,21). The number of rotatable bonds is 4. The SMILES string of the molecule is Cc1ccc(C)c2c(C)c(C(=O)NC(C(=O)O)C3CC3)oc12. The van der Waals surface area contributed by atoms with Gasteiger partial charge in [-0.3, -0.25) is 4.79 Å². The lowest BCUT2D eigenvalue weighted by Crippen LogP contribution is -2.42. The van der Waals surface area contributed by atoms with Crippen molar-refractivity contribution in [3.05, 3.63) is 34.6 Å². The van der Waals surface area contributed by atoms with Gasteiger partial charge in [0.25, 0.3) is 5.91 Å². The predicted octanol–water partition coefficient (Wildman–Crippen LogP) is 2.95. The Morgan fingerprint density at radius 3 is 2.41 bits per heavy atom. The van der Waals surface area contributed by atoms with E-state index >= 15 is 0 Å². The van der Waals surface area contributed by atoms with Crippen LogP contribution >= 0.6 is 0 Å². The van der Waals surface area contributed by atoms with Crippen molar-refractivity contribution in [1.82, 2.24) is 5.32 Å². The highest BCUT2D eigenvalue weighted by Crippen LogP contribution is 2.34. The lowest BCUT2D eigenvalue weighted by atomic mass is 10.0. The number of hydrogen-bond donors (Lipinski definition) is 2. The summed E-state index contributed by atoms with van der Waals surface area (Å²) in [6.07, 6.45) is 1.68. The number of amides is 1. The van der Waals surface area contributed by atoms with Crippen LogP contribution in [0.2, 0.25) is 0 Å². The molecule has 2 aromatic rings. The molecular weight excluding hydrogens is 282 g/mol. The Hall–Kier alpha value is -2.30. The number of carbonyl (C=O) groups excluding carboxylic acids is 1. The fourth-order valence-electron chi connectivity index (χ4n) is 2.91. The van der Waals surface area contributed by atoms with Gasteiger partial charge in [-0.2, -0.15) is 0 Å². The number of furan rings is 1. The van der Waals surface area contributed by atoms with Gasteiger partial charge >= 0.3 is 5.97 Å². The van der Waals surface area contributed by atoms with Crippen molar-refractivity contribution in [2.24, 2.45) is 5.92 Å². The number of fused-ring (bicyclic) bond motifs is 1. The van der Waals surface area contributed by atoms with E-state index in [-0.39, 0.29) is 11.7 Å². The molecule has 0 spiro atoms. The fourth-order valence-corrected chi connectivity index (χ4v) is 2.91. The second-order valence-electron chi connectivity index (χ2n) is 6.09. The zero-order valence-corrected chi connectivity index (χ0v) is 12.9. The molecule has 1 aliphatic carbocycles. The van der Waals surface area contributed by atoms with Gasteiger partial charge in [0, 0.05) is 10.9 Å². The van der Waals surface area contributed by atoms with Crippen molar-refractivity contribution >= 4 is 22.8 Å². The number of carbonyl (C=O) groups is 2. The van der Waals surface area contributed by atoms with E-state index in [0.717, 1.165) is 34.9 Å². The van der Waals surface area contributed by atoms with Crippen LogP contribution in [0.1, 0.15) is 40.1 Å². The molecule has 0 bridgehead atoms. The van der Waals surface area contributed by atoms with Crippen LogP contribution in [0.15, 0.2) is 16.5 Å². The molecule has 5 nitrogen and oxygen atoms in total. The smallest absolute Gasteiger partial charge is 0.326 e. The van der Waals surface area contributed by atoms with Crippen molar-refractivity contribution in [2.45, 2.75) is 39.7 Å². The molecule has 1 saturated carbocycles. The summed E-state index contributed by atoms with van der Waals surface area (Å²) >= 11 is 0. The molecule has 0 radical (unpaired) electrons. The highest BCUT2D eigenvalue weighted by Gasteiger charge is 2.38. The monoisotopic (exact) mass is 301 g/mol. The topological polar surface area (TPSA) is 79.5 Å². The van der Waals surface area contributed by atoms with E-state index in [2.05, 4.69) is 5.32 Å². The van der Waals surface area contributed by atoms with E-state index in [4.69, 9.17) is 4.42 Å². The first-order chi connectivity index (χ1) is 10.4. The molecule has 2 N–H and O–H groups in total. The third kappa shape index (κ3) is 2.36. The summed E-state index contributed by atoms with van der Waals surface area (Å²) in [5.41, 5.74) is 3.45. The lowest BCUT2D eigenvalue weighted by molar-refractivity contribution is -0.139. The largest absolute Gasteiger partial charge is 0.480 e. The van der Waals surface area contributed by atoms with Crippen molar-refractivity contribution < 1.29 is 19.1 Å². The minimum absolute atomic E-state index is 0.0367. The third-order valence-electron chi connectivity index (χ3n) is 4.33. The van der Waals surface area contributed by atoms with Gasteiger partial charge in [-0.25, -0.2) is 4.79 Å². The van der Waals surface area contributed by atoms with Crippen LogP contribution < -0.4 is 5.32 Å². The molecule has 1 heterocycles. The Morgan fingerprint density at radius 1 is 1.23 bits per heavy atom. The molecule has 0 aliphatic heterocycles. The van der Waals surface area contributed by atoms with Gasteiger partial charge in [0.1, 0.15) is 11.6 Å². The molecule has 0 saturated heterocycles. The summed E-state index contributed by atoms with van der Waals surface area (Å²) in [5, 5.41) is 12.8. The maximum absolute atomic E-state index is 12.4.